The van der Waals surface area contributed by atoms with Crippen molar-refractivity contribution >= 4 is 33.6 Å². The zero-order valence-electron chi connectivity index (χ0n) is 19.6. The van der Waals surface area contributed by atoms with Crippen LogP contribution in [0.2, 0.25) is 0 Å². The minimum absolute atomic E-state index is 0.0759. The number of nitrogens with one attached hydrogen (secondary N) is 1. The molecule has 190 valence electrons. The van der Waals surface area contributed by atoms with E-state index in [-0.39, 0.29) is 17.0 Å². The van der Waals surface area contributed by atoms with Crippen LogP contribution >= 0.6 is 0 Å². The monoisotopic (exact) mass is 508 g/mol. The summed E-state index contributed by atoms with van der Waals surface area (Å²) < 4.78 is 44.9. The third-order valence-corrected chi connectivity index (χ3v) is 5.39. The van der Waals surface area contributed by atoms with Crippen LogP contribution in [-0.4, -0.2) is 45.8 Å². The highest BCUT2D eigenvalue weighted by atomic mass is 32.2. The molecule has 2 aromatic carbocycles. The Hall–Kier alpha value is -3.64. The molecule has 3 N–H and O–H groups in total. The number of carbonyl (C=O) groups excluding carboxylic acids is 3. The Balaban J connectivity index is 2.32. The van der Waals surface area contributed by atoms with Crippen molar-refractivity contribution in [3.05, 3.63) is 48.0 Å². The fraction of sp³-hybridized carbons (Fsp3) is 0.348. The molecule has 2 aromatic rings. The third-order valence-electron chi connectivity index (χ3n) is 4.47. The summed E-state index contributed by atoms with van der Waals surface area (Å²) in [5.41, 5.74) is 0.0405. The van der Waals surface area contributed by atoms with E-state index in [0.717, 1.165) is 25.8 Å². The van der Waals surface area contributed by atoms with Crippen LogP contribution in [0.5, 0.6) is 11.5 Å². The molecule has 0 spiro atoms. The number of para-hydroxylation sites is 1. The van der Waals surface area contributed by atoms with Crippen LogP contribution in [0.15, 0.2) is 47.4 Å². The lowest BCUT2D eigenvalue weighted by molar-refractivity contribution is -0.171. The predicted molar refractivity (Wildman–Crippen MR) is 125 cm³/mol. The molecule has 12 heteroatoms. The third kappa shape index (κ3) is 8.58. The van der Waals surface area contributed by atoms with Crippen molar-refractivity contribution in [3.63, 3.8) is 0 Å². The minimum atomic E-state index is -4.33. The predicted octanol–water partition coefficient (Wildman–Crippen LogP) is 2.95. The second-order valence-corrected chi connectivity index (χ2v) is 8.89. The average molecular weight is 509 g/mol. The number of primary sulfonamides is 1. The molecule has 35 heavy (non-hydrogen) atoms. The molecule has 0 saturated heterocycles. The van der Waals surface area contributed by atoms with Gasteiger partial charge in [-0.2, -0.15) is 0 Å². The van der Waals surface area contributed by atoms with Gasteiger partial charge in [-0.3, -0.25) is 4.79 Å². The van der Waals surface area contributed by atoms with Crippen LogP contribution in [0.1, 0.15) is 44.0 Å². The highest BCUT2D eigenvalue weighted by molar-refractivity contribution is 7.89. The van der Waals surface area contributed by atoms with Gasteiger partial charge in [0, 0.05) is 13.5 Å². The maximum absolute atomic E-state index is 12.6. The highest BCUT2D eigenvalue weighted by Gasteiger charge is 2.25. The van der Waals surface area contributed by atoms with Crippen molar-refractivity contribution in [1.29, 1.82) is 0 Å². The van der Waals surface area contributed by atoms with Gasteiger partial charge in [0.1, 0.15) is 10.6 Å². The molecule has 1 unspecified atom stereocenters. The molecule has 11 nitrogen and oxygen atoms in total. The number of anilines is 1. The first-order chi connectivity index (χ1) is 16.5. The first kappa shape index (κ1) is 27.6. The number of rotatable bonds is 12. The zero-order chi connectivity index (χ0) is 26.0. The second-order valence-electron chi connectivity index (χ2n) is 7.36. The first-order valence-electron chi connectivity index (χ1n) is 10.7. The van der Waals surface area contributed by atoms with E-state index in [4.69, 9.17) is 19.3 Å². The molecule has 0 aliphatic heterocycles. The number of ether oxygens (including phenoxy) is 4. The molecule has 0 bridgehead atoms. The topological polar surface area (TPSA) is 160 Å². The normalized spacial score (nSPS) is 11.8. The molecular formula is C23H28N2O9S. The Morgan fingerprint density at radius 1 is 1.09 bits per heavy atom. The van der Waals surface area contributed by atoms with Gasteiger partial charge >= 0.3 is 17.9 Å². The molecule has 0 radical (unpaired) electrons. The number of esters is 3. The van der Waals surface area contributed by atoms with E-state index in [9.17, 15) is 22.8 Å². The quantitative estimate of drug-likeness (QED) is 0.248. The van der Waals surface area contributed by atoms with Crippen LogP contribution in [0.25, 0.3) is 0 Å². The Labute approximate surface area is 203 Å². The van der Waals surface area contributed by atoms with Crippen molar-refractivity contribution in [2.75, 3.05) is 18.7 Å². The van der Waals surface area contributed by atoms with Gasteiger partial charge in [-0.15, -0.1) is 0 Å². The van der Waals surface area contributed by atoms with Gasteiger partial charge in [-0.25, -0.2) is 23.1 Å². The Kier molecular flexibility index (Phi) is 10.0. The van der Waals surface area contributed by atoms with Gasteiger partial charge in [0.15, 0.2) is 11.9 Å². The van der Waals surface area contributed by atoms with Gasteiger partial charge in [0.25, 0.3) is 0 Å². The number of unbranched alkanes of at least 4 members (excludes halogenated alkanes) is 1. The lowest BCUT2D eigenvalue weighted by atomic mass is 10.1. The fourth-order valence-corrected chi connectivity index (χ4v) is 3.51. The molecule has 1 atom stereocenters. The largest absolute Gasteiger partial charge is 0.454 e. The van der Waals surface area contributed by atoms with Crippen LogP contribution in [0, 0.1) is 0 Å². The van der Waals surface area contributed by atoms with E-state index in [0.29, 0.717) is 12.3 Å². The standard InChI is InChI=1S/C23H28N2O9S/c1-4-5-11-25-19-12-17(23(28)32-14-31-22(27)15(2)33-16(3)26)13-20(35(24,29)30)21(19)34-18-9-7-6-8-10-18/h6-10,12-13,15,25H,4-5,11,14H2,1-3H3,(H2,24,29,30). The second kappa shape index (κ2) is 12.7. The van der Waals surface area contributed by atoms with Crippen LogP contribution in [-0.2, 0) is 33.8 Å². The Morgan fingerprint density at radius 3 is 2.37 bits per heavy atom. The Bertz CT molecular complexity index is 1150. The van der Waals surface area contributed by atoms with E-state index in [2.05, 4.69) is 10.1 Å². The van der Waals surface area contributed by atoms with Crippen molar-refractivity contribution in [2.24, 2.45) is 5.14 Å². The Morgan fingerprint density at radius 2 is 1.77 bits per heavy atom. The summed E-state index contributed by atoms with van der Waals surface area (Å²) in [5, 5.41) is 8.48. The van der Waals surface area contributed by atoms with E-state index in [1.165, 1.54) is 13.0 Å². The molecular weight excluding hydrogens is 480 g/mol. The van der Waals surface area contributed by atoms with E-state index < -0.39 is 45.7 Å². The average Bonchev–Trinajstić information content (AvgIpc) is 2.79. The minimum Gasteiger partial charge on any atom is -0.454 e. The van der Waals surface area contributed by atoms with E-state index >= 15 is 0 Å². The number of nitrogens with two attached hydrogens (primary N) is 1. The molecule has 0 amide bonds. The number of carbonyl (C=O) groups is 3. The summed E-state index contributed by atoms with van der Waals surface area (Å²) in [7, 11) is -4.33. The summed E-state index contributed by atoms with van der Waals surface area (Å²) in [5.74, 6) is -2.30. The zero-order valence-corrected chi connectivity index (χ0v) is 20.4. The van der Waals surface area contributed by atoms with E-state index in [1.807, 2.05) is 6.92 Å². The molecule has 0 aliphatic rings. The van der Waals surface area contributed by atoms with E-state index in [1.54, 1.807) is 30.3 Å². The number of benzene rings is 2. The molecule has 0 fully saturated rings. The summed E-state index contributed by atoms with van der Waals surface area (Å²) >= 11 is 0. The first-order valence-corrected chi connectivity index (χ1v) is 12.3. The SMILES string of the molecule is CCCCNc1cc(C(=O)OCOC(=O)C(C)OC(C)=O)cc(S(N)(=O)=O)c1Oc1ccccc1. The number of sulfonamides is 1. The molecule has 0 heterocycles. The fourth-order valence-electron chi connectivity index (χ4n) is 2.81. The summed E-state index contributed by atoms with van der Waals surface area (Å²) in [6.45, 7) is 4.09. The van der Waals surface area contributed by atoms with Gasteiger partial charge in [-0.05, 0) is 37.6 Å². The van der Waals surface area contributed by atoms with Crippen molar-refractivity contribution in [2.45, 2.75) is 44.6 Å². The molecule has 0 aromatic heterocycles. The van der Waals surface area contributed by atoms with Gasteiger partial charge in [0.2, 0.25) is 16.8 Å². The lowest BCUT2D eigenvalue weighted by Gasteiger charge is -2.18. The number of hydrogen-bond donors (Lipinski definition) is 2. The molecule has 0 aliphatic carbocycles. The number of hydrogen-bond acceptors (Lipinski definition) is 10. The highest BCUT2D eigenvalue weighted by Crippen LogP contribution is 2.37. The molecule has 2 rings (SSSR count). The summed E-state index contributed by atoms with van der Waals surface area (Å²) in [6.07, 6.45) is 0.438. The summed E-state index contributed by atoms with van der Waals surface area (Å²) in [4.78, 5) is 34.9. The van der Waals surface area contributed by atoms with Crippen molar-refractivity contribution in [1.82, 2.24) is 0 Å². The van der Waals surface area contributed by atoms with Crippen molar-refractivity contribution < 1.29 is 41.7 Å². The van der Waals surface area contributed by atoms with Crippen LogP contribution < -0.4 is 15.2 Å². The van der Waals surface area contributed by atoms with Crippen molar-refractivity contribution in [3.8, 4) is 11.5 Å². The summed E-state index contributed by atoms with van der Waals surface area (Å²) in [6, 6.07) is 10.8. The van der Waals surface area contributed by atoms with Gasteiger partial charge in [0.05, 0.1) is 11.3 Å². The smallest absolute Gasteiger partial charge is 0.350 e. The maximum Gasteiger partial charge on any atom is 0.350 e. The lowest BCUT2D eigenvalue weighted by Crippen LogP contribution is -2.26. The van der Waals surface area contributed by atoms with Crippen LogP contribution in [0.3, 0.4) is 0 Å². The van der Waals surface area contributed by atoms with Gasteiger partial charge in [-0.1, -0.05) is 31.5 Å². The van der Waals surface area contributed by atoms with Crippen LogP contribution in [0.4, 0.5) is 5.69 Å². The van der Waals surface area contributed by atoms with Gasteiger partial charge < -0.3 is 24.3 Å². The maximum atomic E-state index is 12.6. The molecule has 0 saturated carbocycles.